The molecule has 2 heterocycles. The van der Waals surface area contributed by atoms with Gasteiger partial charge in [0.2, 0.25) is 5.91 Å². The molecule has 19 heavy (non-hydrogen) atoms. The van der Waals surface area contributed by atoms with E-state index < -0.39 is 0 Å². The Morgan fingerprint density at radius 3 is 3.32 bits per heavy atom. The topological polar surface area (TPSA) is 59.8 Å². The molecule has 100 valence electrons. The summed E-state index contributed by atoms with van der Waals surface area (Å²) in [5.74, 6) is 0.642. The normalized spacial score (nSPS) is 18.1. The smallest absolute Gasteiger partial charge is 0.247 e. The quantitative estimate of drug-likeness (QED) is 0.934. The second-order valence-electron chi connectivity index (χ2n) is 4.99. The van der Waals surface area contributed by atoms with E-state index in [1.807, 2.05) is 0 Å². The van der Waals surface area contributed by atoms with Crippen molar-refractivity contribution in [3.63, 3.8) is 0 Å². The highest BCUT2D eigenvalue weighted by Gasteiger charge is 2.20. The van der Waals surface area contributed by atoms with Gasteiger partial charge in [-0.05, 0) is 31.2 Å². The minimum atomic E-state index is -0.0807. The van der Waals surface area contributed by atoms with Crippen LogP contribution in [0.5, 0.6) is 0 Å². The summed E-state index contributed by atoms with van der Waals surface area (Å²) in [5, 5.41) is 7.59. The van der Waals surface area contributed by atoms with Crippen molar-refractivity contribution in [2.24, 2.45) is 5.92 Å². The van der Waals surface area contributed by atoms with E-state index in [-0.39, 0.29) is 12.5 Å². The lowest BCUT2D eigenvalue weighted by Crippen LogP contribution is -2.18. The van der Waals surface area contributed by atoms with E-state index in [0.29, 0.717) is 0 Å². The van der Waals surface area contributed by atoms with Crippen LogP contribution in [0, 0.1) is 5.92 Å². The van der Waals surface area contributed by atoms with E-state index in [1.54, 1.807) is 34.5 Å². The number of rotatable bonds is 3. The second kappa shape index (κ2) is 5.13. The predicted octanol–water partition coefficient (Wildman–Crippen LogP) is 2.10. The molecule has 5 nitrogen and oxygen atoms in total. The second-order valence-corrected chi connectivity index (χ2v) is 6.07. The number of aromatic nitrogens is 3. The summed E-state index contributed by atoms with van der Waals surface area (Å²) >= 11 is 1.61. The number of fused-ring (bicyclic) bond motifs is 1. The molecule has 2 aromatic heterocycles. The van der Waals surface area contributed by atoms with Crippen molar-refractivity contribution in [1.82, 2.24) is 14.8 Å². The zero-order valence-electron chi connectivity index (χ0n) is 10.8. The van der Waals surface area contributed by atoms with Gasteiger partial charge in [-0.3, -0.25) is 9.48 Å². The number of carbonyl (C=O) groups is 1. The zero-order chi connectivity index (χ0) is 13.2. The van der Waals surface area contributed by atoms with Gasteiger partial charge in [0.25, 0.3) is 0 Å². The molecule has 1 N–H and O–H groups in total. The lowest BCUT2D eigenvalue weighted by molar-refractivity contribution is -0.116. The third kappa shape index (κ3) is 2.84. The first kappa shape index (κ1) is 12.3. The van der Waals surface area contributed by atoms with Crippen LogP contribution in [0.15, 0.2) is 18.5 Å². The van der Waals surface area contributed by atoms with Crippen molar-refractivity contribution in [3.05, 3.63) is 29.0 Å². The third-order valence-corrected chi connectivity index (χ3v) is 4.33. The summed E-state index contributed by atoms with van der Waals surface area (Å²) in [6.07, 6.45) is 6.74. The third-order valence-electron chi connectivity index (χ3n) is 3.30. The van der Waals surface area contributed by atoms with Crippen molar-refractivity contribution in [1.29, 1.82) is 0 Å². The fraction of sp³-hybridized carbons (Fsp3) is 0.462. The Morgan fingerprint density at radius 1 is 1.63 bits per heavy atom. The molecule has 0 saturated carbocycles. The zero-order valence-corrected chi connectivity index (χ0v) is 11.6. The molecule has 0 aliphatic heterocycles. The van der Waals surface area contributed by atoms with Gasteiger partial charge in [-0.25, -0.2) is 4.98 Å². The Balaban J connectivity index is 1.65. The first-order valence-corrected chi connectivity index (χ1v) is 7.28. The van der Waals surface area contributed by atoms with Gasteiger partial charge in [-0.1, -0.05) is 6.92 Å². The van der Waals surface area contributed by atoms with Crippen LogP contribution in [0.3, 0.4) is 0 Å². The number of amides is 1. The molecule has 0 aromatic carbocycles. The van der Waals surface area contributed by atoms with Crippen molar-refractivity contribution in [2.45, 2.75) is 32.7 Å². The summed E-state index contributed by atoms with van der Waals surface area (Å²) in [5.41, 5.74) is 1.16. The van der Waals surface area contributed by atoms with Crippen molar-refractivity contribution in [3.8, 4) is 0 Å². The molecule has 0 bridgehead atoms. The number of anilines is 1. The average Bonchev–Trinajstić information content (AvgIpc) is 2.97. The Bertz CT molecular complexity index is 575. The highest BCUT2D eigenvalue weighted by molar-refractivity contribution is 7.15. The molecule has 1 aliphatic rings. The van der Waals surface area contributed by atoms with Gasteiger partial charge in [0.05, 0.1) is 5.69 Å². The number of hydrogen-bond acceptors (Lipinski definition) is 4. The van der Waals surface area contributed by atoms with Crippen LogP contribution in [0.1, 0.15) is 23.9 Å². The van der Waals surface area contributed by atoms with Gasteiger partial charge in [-0.2, -0.15) is 5.10 Å². The molecule has 1 unspecified atom stereocenters. The number of thiazole rings is 1. The van der Waals surface area contributed by atoms with Crippen LogP contribution in [0.25, 0.3) is 0 Å². The van der Waals surface area contributed by atoms with Crippen LogP contribution >= 0.6 is 11.3 Å². The van der Waals surface area contributed by atoms with Gasteiger partial charge in [-0.15, -0.1) is 11.3 Å². The largest absolute Gasteiger partial charge is 0.300 e. The van der Waals surface area contributed by atoms with E-state index in [9.17, 15) is 4.79 Å². The molecule has 1 aliphatic carbocycles. The van der Waals surface area contributed by atoms with E-state index >= 15 is 0 Å². The fourth-order valence-corrected chi connectivity index (χ4v) is 3.48. The van der Waals surface area contributed by atoms with Crippen LogP contribution < -0.4 is 5.32 Å². The van der Waals surface area contributed by atoms with E-state index in [1.165, 1.54) is 11.3 Å². The SMILES string of the molecule is CC1CCc2nc(NC(=O)Cn3cccn3)sc2C1. The summed E-state index contributed by atoms with van der Waals surface area (Å²) in [7, 11) is 0. The molecular formula is C13H16N4OS. The molecule has 2 aromatic rings. The molecule has 0 spiro atoms. The number of hydrogen-bond donors (Lipinski definition) is 1. The van der Waals surface area contributed by atoms with E-state index in [4.69, 9.17) is 0 Å². The van der Waals surface area contributed by atoms with E-state index in [2.05, 4.69) is 22.3 Å². The highest BCUT2D eigenvalue weighted by Crippen LogP contribution is 2.31. The first-order chi connectivity index (χ1) is 9.20. The molecule has 0 fully saturated rings. The molecule has 6 heteroatoms. The maximum absolute atomic E-state index is 11.9. The summed E-state index contributed by atoms with van der Waals surface area (Å²) in [6, 6.07) is 1.80. The lowest BCUT2D eigenvalue weighted by Gasteiger charge is -2.15. The Kier molecular flexibility index (Phi) is 3.33. The van der Waals surface area contributed by atoms with Crippen LogP contribution in [-0.2, 0) is 24.2 Å². The number of carbonyl (C=O) groups excluding carboxylic acids is 1. The minimum absolute atomic E-state index is 0.0807. The van der Waals surface area contributed by atoms with Crippen molar-refractivity contribution < 1.29 is 4.79 Å². The van der Waals surface area contributed by atoms with Crippen molar-refractivity contribution in [2.75, 3.05) is 5.32 Å². The Hall–Kier alpha value is -1.69. The Morgan fingerprint density at radius 2 is 2.53 bits per heavy atom. The van der Waals surface area contributed by atoms with Gasteiger partial charge in [0, 0.05) is 17.3 Å². The van der Waals surface area contributed by atoms with Crippen LogP contribution in [0.2, 0.25) is 0 Å². The minimum Gasteiger partial charge on any atom is -0.300 e. The van der Waals surface area contributed by atoms with Gasteiger partial charge < -0.3 is 5.32 Å². The number of nitrogens with one attached hydrogen (secondary N) is 1. The highest BCUT2D eigenvalue weighted by atomic mass is 32.1. The summed E-state index contributed by atoms with van der Waals surface area (Å²) < 4.78 is 1.60. The van der Waals surface area contributed by atoms with Crippen LogP contribution in [-0.4, -0.2) is 20.7 Å². The monoisotopic (exact) mass is 276 g/mol. The average molecular weight is 276 g/mol. The lowest BCUT2D eigenvalue weighted by atomic mass is 9.93. The molecule has 3 rings (SSSR count). The molecule has 1 atom stereocenters. The summed E-state index contributed by atoms with van der Waals surface area (Å²) in [4.78, 5) is 17.7. The maximum atomic E-state index is 11.9. The summed E-state index contributed by atoms with van der Waals surface area (Å²) in [6.45, 7) is 2.49. The Labute approximate surface area is 115 Å². The van der Waals surface area contributed by atoms with E-state index in [0.717, 1.165) is 29.6 Å². The molecule has 0 radical (unpaired) electrons. The van der Waals surface area contributed by atoms with Crippen LogP contribution in [0.4, 0.5) is 5.13 Å². The maximum Gasteiger partial charge on any atom is 0.247 e. The predicted molar refractivity (Wildman–Crippen MR) is 74.2 cm³/mol. The molecule has 0 saturated heterocycles. The standard InChI is InChI=1S/C13H16N4OS/c1-9-3-4-10-11(7-9)19-13(15-10)16-12(18)8-17-6-2-5-14-17/h2,5-6,9H,3-4,7-8H2,1H3,(H,15,16,18). The number of aryl methyl sites for hydroxylation is 1. The van der Waals surface area contributed by atoms with Gasteiger partial charge in [0.15, 0.2) is 5.13 Å². The van der Waals surface area contributed by atoms with Crippen molar-refractivity contribution >= 4 is 22.4 Å². The number of nitrogens with zero attached hydrogens (tertiary/aromatic N) is 3. The molecular weight excluding hydrogens is 260 g/mol. The molecule has 1 amide bonds. The van der Waals surface area contributed by atoms with Gasteiger partial charge in [0.1, 0.15) is 6.54 Å². The first-order valence-electron chi connectivity index (χ1n) is 6.46. The van der Waals surface area contributed by atoms with Gasteiger partial charge >= 0.3 is 0 Å². The fourth-order valence-electron chi connectivity index (χ4n) is 2.29.